The third-order valence-corrected chi connectivity index (χ3v) is 3.49. The van der Waals surface area contributed by atoms with Gasteiger partial charge in [-0.25, -0.2) is 0 Å². The Bertz CT molecular complexity index is 392. The first-order chi connectivity index (χ1) is 7.97. The van der Waals surface area contributed by atoms with Crippen molar-refractivity contribution in [2.75, 3.05) is 5.73 Å². The molecule has 17 heavy (non-hydrogen) atoms. The standard InChI is InChI=1S/C10H18N4O2S/c1-4-5-7(8(15)16)17-10-13-12-9(11)14(10)6(2)3/h6-7H,4-5H2,1-3H3,(H2,11,12)(H,15,16). The number of rotatable bonds is 6. The van der Waals surface area contributed by atoms with Crippen molar-refractivity contribution in [2.45, 2.75) is 50.1 Å². The van der Waals surface area contributed by atoms with Crippen molar-refractivity contribution in [3.8, 4) is 0 Å². The summed E-state index contributed by atoms with van der Waals surface area (Å²) in [6.45, 7) is 5.87. The highest BCUT2D eigenvalue weighted by Crippen LogP contribution is 2.28. The number of thioether (sulfide) groups is 1. The van der Waals surface area contributed by atoms with Gasteiger partial charge in [0.2, 0.25) is 5.95 Å². The Morgan fingerprint density at radius 3 is 2.65 bits per heavy atom. The second-order valence-corrected chi connectivity index (χ2v) is 5.21. The molecule has 0 aromatic carbocycles. The lowest BCUT2D eigenvalue weighted by Crippen LogP contribution is -2.17. The van der Waals surface area contributed by atoms with Crippen molar-refractivity contribution >= 4 is 23.7 Å². The van der Waals surface area contributed by atoms with Gasteiger partial charge in [0.05, 0.1) is 0 Å². The maximum absolute atomic E-state index is 11.1. The first-order valence-electron chi connectivity index (χ1n) is 5.57. The molecule has 1 atom stereocenters. The van der Waals surface area contributed by atoms with Crippen LogP contribution in [0.1, 0.15) is 39.7 Å². The number of nitrogens with two attached hydrogens (primary N) is 1. The number of carboxylic acids is 1. The Morgan fingerprint density at radius 1 is 1.53 bits per heavy atom. The average Bonchev–Trinajstić information content (AvgIpc) is 2.59. The van der Waals surface area contributed by atoms with Gasteiger partial charge in [0.15, 0.2) is 5.16 Å². The van der Waals surface area contributed by atoms with Crippen molar-refractivity contribution in [2.24, 2.45) is 0 Å². The molecule has 1 unspecified atom stereocenters. The van der Waals surface area contributed by atoms with Crippen LogP contribution in [0.2, 0.25) is 0 Å². The topological polar surface area (TPSA) is 94.0 Å². The SMILES string of the molecule is CCCC(Sc1nnc(N)n1C(C)C)C(=O)O. The van der Waals surface area contributed by atoms with E-state index in [2.05, 4.69) is 10.2 Å². The molecule has 0 amide bonds. The van der Waals surface area contributed by atoms with E-state index < -0.39 is 11.2 Å². The van der Waals surface area contributed by atoms with Crippen LogP contribution in [0.15, 0.2) is 5.16 Å². The van der Waals surface area contributed by atoms with E-state index in [0.29, 0.717) is 17.5 Å². The molecule has 0 fully saturated rings. The van der Waals surface area contributed by atoms with Gasteiger partial charge in [-0.2, -0.15) is 0 Å². The number of aromatic nitrogens is 3. The van der Waals surface area contributed by atoms with Crippen LogP contribution in [-0.4, -0.2) is 31.1 Å². The van der Waals surface area contributed by atoms with Gasteiger partial charge in [-0.15, -0.1) is 10.2 Å². The van der Waals surface area contributed by atoms with E-state index >= 15 is 0 Å². The van der Waals surface area contributed by atoms with E-state index in [9.17, 15) is 4.79 Å². The molecule has 0 aliphatic heterocycles. The molecular formula is C10H18N4O2S. The zero-order chi connectivity index (χ0) is 13.0. The van der Waals surface area contributed by atoms with Crippen molar-refractivity contribution in [1.29, 1.82) is 0 Å². The Kier molecular flexibility index (Phi) is 4.80. The third-order valence-electron chi connectivity index (χ3n) is 2.28. The van der Waals surface area contributed by atoms with Crippen molar-refractivity contribution in [3.63, 3.8) is 0 Å². The highest BCUT2D eigenvalue weighted by Gasteiger charge is 2.22. The summed E-state index contributed by atoms with van der Waals surface area (Å²) in [7, 11) is 0. The van der Waals surface area contributed by atoms with Crippen LogP contribution in [0.3, 0.4) is 0 Å². The summed E-state index contributed by atoms with van der Waals surface area (Å²) in [6, 6.07) is 0.114. The molecule has 1 aromatic heterocycles. The highest BCUT2D eigenvalue weighted by molar-refractivity contribution is 8.00. The van der Waals surface area contributed by atoms with E-state index in [1.807, 2.05) is 20.8 Å². The van der Waals surface area contributed by atoms with Crippen LogP contribution in [-0.2, 0) is 4.79 Å². The van der Waals surface area contributed by atoms with Crippen molar-refractivity contribution in [1.82, 2.24) is 14.8 Å². The minimum atomic E-state index is -0.825. The smallest absolute Gasteiger partial charge is 0.317 e. The van der Waals surface area contributed by atoms with Crippen LogP contribution >= 0.6 is 11.8 Å². The number of carboxylic acid groups (broad SMARTS) is 1. The molecule has 0 bridgehead atoms. The van der Waals surface area contributed by atoms with E-state index in [1.54, 1.807) is 4.57 Å². The van der Waals surface area contributed by atoms with Gasteiger partial charge in [0.25, 0.3) is 0 Å². The predicted molar refractivity (Wildman–Crippen MR) is 67.0 cm³/mol. The number of hydrogen-bond acceptors (Lipinski definition) is 5. The number of aliphatic carboxylic acids is 1. The predicted octanol–water partition coefficient (Wildman–Crippen LogP) is 1.79. The van der Waals surface area contributed by atoms with Gasteiger partial charge in [0.1, 0.15) is 5.25 Å². The summed E-state index contributed by atoms with van der Waals surface area (Å²) in [5.74, 6) is -0.503. The molecule has 6 nitrogen and oxygen atoms in total. The maximum Gasteiger partial charge on any atom is 0.317 e. The summed E-state index contributed by atoms with van der Waals surface area (Å²) in [6.07, 6.45) is 1.42. The zero-order valence-electron chi connectivity index (χ0n) is 10.3. The third kappa shape index (κ3) is 3.36. The summed E-state index contributed by atoms with van der Waals surface area (Å²) in [4.78, 5) is 11.1. The largest absolute Gasteiger partial charge is 0.480 e. The van der Waals surface area contributed by atoms with Gasteiger partial charge in [0, 0.05) is 6.04 Å². The number of carbonyl (C=O) groups is 1. The zero-order valence-corrected chi connectivity index (χ0v) is 11.1. The van der Waals surface area contributed by atoms with Gasteiger partial charge in [-0.3, -0.25) is 9.36 Å². The van der Waals surface area contributed by atoms with Gasteiger partial charge in [-0.05, 0) is 20.3 Å². The Labute approximate surface area is 105 Å². The van der Waals surface area contributed by atoms with Crippen molar-refractivity contribution < 1.29 is 9.90 Å². The average molecular weight is 258 g/mol. The van der Waals surface area contributed by atoms with E-state index in [0.717, 1.165) is 6.42 Å². The lowest BCUT2D eigenvalue weighted by Gasteiger charge is -2.14. The summed E-state index contributed by atoms with van der Waals surface area (Å²) in [5, 5.41) is 16.9. The van der Waals surface area contributed by atoms with E-state index in [-0.39, 0.29) is 6.04 Å². The molecule has 1 rings (SSSR count). The highest BCUT2D eigenvalue weighted by atomic mass is 32.2. The number of nitrogen functional groups attached to an aromatic ring is 1. The first kappa shape index (κ1) is 13.8. The van der Waals surface area contributed by atoms with Crippen molar-refractivity contribution in [3.05, 3.63) is 0 Å². The fourth-order valence-corrected chi connectivity index (χ4v) is 2.69. The minimum Gasteiger partial charge on any atom is -0.480 e. The van der Waals surface area contributed by atoms with E-state index in [1.165, 1.54) is 11.8 Å². The molecule has 0 aliphatic carbocycles. The number of nitrogens with zero attached hydrogens (tertiary/aromatic N) is 3. The first-order valence-corrected chi connectivity index (χ1v) is 6.45. The van der Waals surface area contributed by atoms with E-state index in [4.69, 9.17) is 10.8 Å². The fraction of sp³-hybridized carbons (Fsp3) is 0.700. The Balaban J connectivity index is 2.89. The van der Waals surface area contributed by atoms with Gasteiger partial charge in [-0.1, -0.05) is 25.1 Å². The lowest BCUT2D eigenvalue weighted by molar-refractivity contribution is -0.136. The van der Waals surface area contributed by atoms with Crippen LogP contribution in [0.4, 0.5) is 5.95 Å². The minimum absolute atomic E-state index is 0.114. The molecule has 3 N–H and O–H groups in total. The molecular weight excluding hydrogens is 240 g/mol. The Hall–Kier alpha value is -1.24. The summed E-state index contributed by atoms with van der Waals surface area (Å²) < 4.78 is 1.75. The van der Waals surface area contributed by atoms with Crippen LogP contribution in [0.5, 0.6) is 0 Å². The van der Waals surface area contributed by atoms with Gasteiger partial charge < -0.3 is 10.8 Å². The second-order valence-electron chi connectivity index (χ2n) is 4.04. The molecule has 0 saturated heterocycles. The maximum atomic E-state index is 11.1. The summed E-state index contributed by atoms with van der Waals surface area (Å²) >= 11 is 1.21. The molecule has 1 aromatic rings. The lowest BCUT2D eigenvalue weighted by atomic mass is 10.2. The number of hydrogen-bond donors (Lipinski definition) is 2. The normalized spacial score (nSPS) is 12.9. The Morgan fingerprint density at radius 2 is 2.18 bits per heavy atom. The summed E-state index contributed by atoms with van der Waals surface area (Å²) in [5.41, 5.74) is 5.70. The second kappa shape index (κ2) is 5.90. The molecule has 0 saturated carbocycles. The fourth-order valence-electron chi connectivity index (χ4n) is 1.48. The van der Waals surface area contributed by atoms with Crippen LogP contribution in [0, 0.1) is 0 Å². The monoisotopic (exact) mass is 258 g/mol. The molecule has 7 heteroatoms. The quantitative estimate of drug-likeness (QED) is 0.755. The van der Waals surface area contributed by atoms with Gasteiger partial charge >= 0.3 is 5.97 Å². The van der Waals surface area contributed by atoms with Crippen LogP contribution < -0.4 is 5.73 Å². The van der Waals surface area contributed by atoms with Crippen LogP contribution in [0.25, 0.3) is 0 Å². The molecule has 1 heterocycles. The molecule has 0 aliphatic rings. The molecule has 0 spiro atoms. The number of anilines is 1. The molecule has 0 radical (unpaired) electrons. The molecule has 96 valence electrons.